The van der Waals surface area contributed by atoms with Crippen molar-refractivity contribution in [1.82, 2.24) is 5.32 Å². The summed E-state index contributed by atoms with van der Waals surface area (Å²) in [5.41, 5.74) is -0.435. The molecular weight excluding hydrogens is 308 g/mol. The molecule has 2 atom stereocenters. The van der Waals surface area contributed by atoms with Gasteiger partial charge in [0.05, 0.1) is 6.10 Å². The maximum absolute atomic E-state index is 12.5. The lowest BCUT2D eigenvalue weighted by Gasteiger charge is -2.21. The van der Waals surface area contributed by atoms with Gasteiger partial charge >= 0.3 is 6.09 Å². The molecule has 130 valence electrons. The van der Waals surface area contributed by atoms with Crippen molar-refractivity contribution in [3.8, 4) is 0 Å². The van der Waals surface area contributed by atoms with Crippen molar-refractivity contribution < 1.29 is 28.5 Å². The lowest BCUT2D eigenvalue weighted by molar-refractivity contribution is 0.0123. The van der Waals surface area contributed by atoms with Gasteiger partial charge in [0.15, 0.2) is 0 Å². The van der Waals surface area contributed by atoms with Gasteiger partial charge in [0.2, 0.25) is 0 Å². The average Bonchev–Trinajstić information content (AvgIpc) is 2.44. The van der Waals surface area contributed by atoms with Gasteiger partial charge in [-0.05, 0) is 32.8 Å². The van der Waals surface area contributed by atoms with Crippen LogP contribution in [0.1, 0.15) is 50.8 Å². The zero-order valence-corrected chi connectivity index (χ0v) is 13.4. The zero-order chi connectivity index (χ0) is 17.6. The molecule has 0 aliphatic rings. The number of benzene rings is 1. The van der Waals surface area contributed by atoms with E-state index in [1.807, 2.05) is 0 Å². The van der Waals surface area contributed by atoms with Gasteiger partial charge in [-0.2, -0.15) is 0 Å². The summed E-state index contributed by atoms with van der Waals surface area (Å²) in [6.45, 7) is 5.30. The second-order valence-corrected chi connectivity index (χ2v) is 6.20. The molecule has 5 nitrogen and oxygen atoms in total. The number of amides is 1. The molecule has 0 aromatic heterocycles. The van der Waals surface area contributed by atoms with Gasteiger partial charge in [-0.1, -0.05) is 24.3 Å². The number of hydrogen-bond acceptors (Lipinski definition) is 4. The summed E-state index contributed by atoms with van der Waals surface area (Å²) < 4.78 is 29.9. The molecule has 3 N–H and O–H groups in total. The smallest absolute Gasteiger partial charge is 0.407 e. The van der Waals surface area contributed by atoms with Gasteiger partial charge in [0.1, 0.15) is 11.7 Å². The summed E-state index contributed by atoms with van der Waals surface area (Å²) in [6.07, 6.45) is -5.45. The number of aliphatic hydroxyl groups excluding tert-OH is 2. The molecule has 1 amide bonds. The Balaban J connectivity index is 2.45. The first-order valence-electron chi connectivity index (χ1n) is 7.31. The fourth-order valence-corrected chi connectivity index (χ4v) is 1.85. The standard InChI is InChI=1S/C16H23F2NO4/c1-16(2,3)23-15(22)19-9-8-12(20)13(21)10-4-6-11(7-5-10)14(17)18/h4-7,12-14,20-21H,8-9H2,1-3H3,(H,19,22). The number of alkyl carbamates (subject to hydrolysis) is 1. The van der Waals surface area contributed by atoms with Crippen molar-refractivity contribution in [2.45, 2.75) is 51.4 Å². The molecule has 0 saturated heterocycles. The third kappa shape index (κ3) is 6.92. The van der Waals surface area contributed by atoms with Crippen LogP contribution >= 0.6 is 0 Å². The fraction of sp³-hybridized carbons (Fsp3) is 0.562. The number of halogens is 2. The monoisotopic (exact) mass is 331 g/mol. The van der Waals surface area contributed by atoms with Crippen LogP contribution in [0.25, 0.3) is 0 Å². The second kappa shape index (κ2) is 8.21. The van der Waals surface area contributed by atoms with E-state index in [1.165, 1.54) is 24.3 Å². The van der Waals surface area contributed by atoms with Crippen molar-refractivity contribution in [3.05, 3.63) is 35.4 Å². The highest BCUT2D eigenvalue weighted by Crippen LogP contribution is 2.23. The molecule has 1 aromatic carbocycles. The van der Waals surface area contributed by atoms with E-state index in [0.29, 0.717) is 5.56 Å². The summed E-state index contributed by atoms with van der Waals surface area (Å²) in [6, 6.07) is 5.09. The SMILES string of the molecule is CC(C)(C)OC(=O)NCCC(O)C(O)c1ccc(C(F)F)cc1. The Kier molecular flexibility index (Phi) is 6.90. The lowest BCUT2D eigenvalue weighted by atomic mass is 10.0. The molecule has 23 heavy (non-hydrogen) atoms. The van der Waals surface area contributed by atoms with Crippen molar-refractivity contribution in [3.63, 3.8) is 0 Å². The van der Waals surface area contributed by atoms with Gasteiger partial charge in [0.25, 0.3) is 6.43 Å². The second-order valence-electron chi connectivity index (χ2n) is 6.20. The summed E-state index contributed by atoms with van der Waals surface area (Å²) in [7, 11) is 0. The molecule has 0 aliphatic heterocycles. The van der Waals surface area contributed by atoms with E-state index in [9.17, 15) is 23.8 Å². The summed E-state index contributed by atoms with van der Waals surface area (Å²) in [5.74, 6) is 0. The van der Waals surface area contributed by atoms with Gasteiger partial charge < -0.3 is 20.3 Å². The first-order valence-corrected chi connectivity index (χ1v) is 7.31. The van der Waals surface area contributed by atoms with Crippen LogP contribution in [0.4, 0.5) is 13.6 Å². The van der Waals surface area contributed by atoms with Crippen molar-refractivity contribution in [2.75, 3.05) is 6.54 Å². The molecule has 1 rings (SSSR count). The third-order valence-electron chi connectivity index (χ3n) is 3.00. The Morgan fingerprint density at radius 2 is 1.70 bits per heavy atom. The summed E-state index contributed by atoms with van der Waals surface area (Å²) >= 11 is 0. The van der Waals surface area contributed by atoms with Crippen LogP contribution in [0.15, 0.2) is 24.3 Å². The van der Waals surface area contributed by atoms with Crippen LogP contribution in [0.3, 0.4) is 0 Å². The van der Waals surface area contributed by atoms with Crippen molar-refractivity contribution >= 4 is 6.09 Å². The Morgan fingerprint density at radius 1 is 1.17 bits per heavy atom. The third-order valence-corrected chi connectivity index (χ3v) is 3.00. The van der Waals surface area contributed by atoms with Crippen LogP contribution in [0.5, 0.6) is 0 Å². The molecule has 7 heteroatoms. The molecule has 0 radical (unpaired) electrons. The van der Waals surface area contributed by atoms with E-state index in [1.54, 1.807) is 20.8 Å². The molecule has 0 fully saturated rings. The molecular formula is C16H23F2NO4. The Hall–Kier alpha value is -1.73. The molecule has 0 aliphatic carbocycles. The Bertz CT molecular complexity index is 500. The highest BCUT2D eigenvalue weighted by atomic mass is 19.3. The van der Waals surface area contributed by atoms with E-state index in [0.717, 1.165) is 0 Å². The van der Waals surface area contributed by atoms with E-state index in [-0.39, 0.29) is 18.5 Å². The van der Waals surface area contributed by atoms with Crippen LogP contribution in [-0.2, 0) is 4.74 Å². The van der Waals surface area contributed by atoms with Crippen molar-refractivity contribution in [2.24, 2.45) is 0 Å². The molecule has 0 spiro atoms. The first kappa shape index (κ1) is 19.3. The van der Waals surface area contributed by atoms with Gasteiger partial charge in [-0.15, -0.1) is 0 Å². The number of ether oxygens (including phenoxy) is 1. The summed E-state index contributed by atoms with van der Waals surface area (Å²) in [4.78, 5) is 11.4. The minimum atomic E-state index is -2.58. The van der Waals surface area contributed by atoms with Crippen LogP contribution in [0.2, 0.25) is 0 Å². The first-order chi connectivity index (χ1) is 10.6. The van der Waals surface area contributed by atoms with E-state index >= 15 is 0 Å². The highest BCUT2D eigenvalue weighted by Gasteiger charge is 2.20. The van der Waals surface area contributed by atoms with Crippen LogP contribution in [0, 0.1) is 0 Å². The topological polar surface area (TPSA) is 78.8 Å². The maximum atomic E-state index is 12.5. The zero-order valence-electron chi connectivity index (χ0n) is 13.4. The summed E-state index contributed by atoms with van der Waals surface area (Å²) in [5, 5.41) is 22.4. The predicted molar refractivity (Wildman–Crippen MR) is 81.2 cm³/mol. The predicted octanol–water partition coefficient (Wildman–Crippen LogP) is 2.93. The van der Waals surface area contributed by atoms with Gasteiger partial charge in [-0.25, -0.2) is 13.6 Å². The van der Waals surface area contributed by atoms with E-state index in [2.05, 4.69) is 5.32 Å². The molecule has 0 bridgehead atoms. The molecule has 0 saturated carbocycles. The lowest BCUT2D eigenvalue weighted by Crippen LogP contribution is -2.34. The van der Waals surface area contributed by atoms with Crippen molar-refractivity contribution in [1.29, 1.82) is 0 Å². The maximum Gasteiger partial charge on any atom is 0.407 e. The Labute approximate surface area is 134 Å². The van der Waals surface area contributed by atoms with E-state index < -0.39 is 30.3 Å². The minimum absolute atomic E-state index is 0.0943. The largest absolute Gasteiger partial charge is 0.444 e. The number of rotatable bonds is 6. The number of alkyl halides is 2. The van der Waals surface area contributed by atoms with Gasteiger partial charge in [0, 0.05) is 12.1 Å². The van der Waals surface area contributed by atoms with Crippen LogP contribution < -0.4 is 5.32 Å². The molecule has 1 aromatic rings. The number of nitrogens with one attached hydrogen (secondary N) is 1. The van der Waals surface area contributed by atoms with Crippen LogP contribution in [-0.4, -0.2) is 34.6 Å². The molecule has 0 heterocycles. The number of aliphatic hydroxyl groups is 2. The number of carbonyl (C=O) groups excluding carboxylic acids is 1. The fourth-order valence-electron chi connectivity index (χ4n) is 1.85. The molecule has 2 unspecified atom stereocenters. The highest BCUT2D eigenvalue weighted by molar-refractivity contribution is 5.67. The number of hydrogen-bond donors (Lipinski definition) is 3. The quantitative estimate of drug-likeness (QED) is 0.749. The van der Waals surface area contributed by atoms with E-state index in [4.69, 9.17) is 4.74 Å². The normalized spacial score (nSPS) is 14.4. The van der Waals surface area contributed by atoms with Gasteiger partial charge in [-0.3, -0.25) is 0 Å². The average molecular weight is 331 g/mol. The Morgan fingerprint density at radius 3 is 2.17 bits per heavy atom. The minimum Gasteiger partial charge on any atom is -0.444 e. The number of carbonyl (C=O) groups is 1.